The lowest BCUT2D eigenvalue weighted by molar-refractivity contribution is -0.143. The van der Waals surface area contributed by atoms with Crippen LogP contribution < -0.4 is 5.32 Å². The molecule has 0 rings (SSSR count). The summed E-state index contributed by atoms with van der Waals surface area (Å²) in [5.74, 6) is -2.63. The minimum atomic E-state index is -1.21. The smallest absolute Gasteiger partial charge is 0.326 e. The van der Waals surface area contributed by atoms with Crippen molar-refractivity contribution < 1.29 is 24.6 Å². The van der Waals surface area contributed by atoms with Gasteiger partial charge >= 0.3 is 11.9 Å². The molecule has 0 aromatic heterocycles. The van der Waals surface area contributed by atoms with E-state index >= 15 is 0 Å². The number of amides is 1. The molecule has 0 aromatic rings. The van der Waals surface area contributed by atoms with Crippen molar-refractivity contribution in [2.24, 2.45) is 0 Å². The second-order valence-corrected chi connectivity index (χ2v) is 7.02. The average molecular weight is 408 g/mol. The molecule has 0 saturated carbocycles. The number of carboxylic acid groups (broad SMARTS) is 2. The maximum absolute atomic E-state index is 11.8. The van der Waals surface area contributed by atoms with E-state index in [9.17, 15) is 14.4 Å². The molecule has 1 atom stereocenters. The Labute approximate surface area is 174 Å². The van der Waals surface area contributed by atoms with Gasteiger partial charge < -0.3 is 15.5 Å². The van der Waals surface area contributed by atoms with Gasteiger partial charge in [0.1, 0.15) is 6.04 Å². The maximum Gasteiger partial charge on any atom is 0.326 e. The van der Waals surface area contributed by atoms with E-state index in [4.69, 9.17) is 10.2 Å². The van der Waals surface area contributed by atoms with Gasteiger partial charge in [0.25, 0.3) is 0 Å². The van der Waals surface area contributed by atoms with Crippen molar-refractivity contribution >= 4 is 17.8 Å². The van der Waals surface area contributed by atoms with Crippen molar-refractivity contribution in [2.75, 3.05) is 0 Å². The van der Waals surface area contributed by atoms with E-state index in [1.54, 1.807) is 0 Å². The Balaban J connectivity index is 3.73. The SMILES string of the molecule is CCCCC/C=C\C/C=C\C/C=C\CCCCC(=O)N[C@@H](CCC(=O)O)C(=O)O. The number of carboxylic acids is 2. The highest BCUT2D eigenvalue weighted by atomic mass is 16.4. The van der Waals surface area contributed by atoms with Crippen LogP contribution in [0, 0.1) is 0 Å². The fraction of sp³-hybridized carbons (Fsp3) is 0.609. The summed E-state index contributed by atoms with van der Waals surface area (Å²) in [6, 6.07) is -1.14. The normalized spacial score (nSPS) is 12.7. The molecule has 0 radical (unpaired) electrons. The summed E-state index contributed by atoms with van der Waals surface area (Å²) in [4.78, 5) is 33.3. The molecule has 3 N–H and O–H groups in total. The molecule has 164 valence electrons. The van der Waals surface area contributed by atoms with Crippen molar-refractivity contribution in [3.8, 4) is 0 Å². The van der Waals surface area contributed by atoms with Crippen LogP contribution in [0.1, 0.15) is 84.0 Å². The first-order valence-electron chi connectivity index (χ1n) is 10.7. The maximum atomic E-state index is 11.8. The van der Waals surface area contributed by atoms with Crippen LogP contribution in [0.15, 0.2) is 36.5 Å². The number of hydrogen-bond donors (Lipinski definition) is 3. The van der Waals surface area contributed by atoms with Crippen molar-refractivity contribution in [2.45, 2.75) is 90.0 Å². The predicted molar refractivity (Wildman–Crippen MR) is 116 cm³/mol. The molecule has 0 aliphatic heterocycles. The lowest BCUT2D eigenvalue weighted by atomic mass is 10.1. The fourth-order valence-corrected chi connectivity index (χ4v) is 2.63. The van der Waals surface area contributed by atoms with E-state index in [-0.39, 0.29) is 25.2 Å². The molecule has 0 spiro atoms. The van der Waals surface area contributed by atoms with Gasteiger partial charge in [0.15, 0.2) is 0 Å². The Hall–Kier alpha value is -2.37. The second kappa shape index (κ2) is 19.0. The minimum absolute atomic E-state index is 0.110. The summed E-state index contributed by atoms with van der Waals surface area (Å²) in [6.07, 6.45) is 22.1. The van der Waals surface area contributed by atoms with Crippen molar-refractivity contribution in [1.29, 1.82) is 0 Å². The molecular weight excluding hydrogens is 370 g/mol. The van der Waals surface area contributed by atoms with Gasteiger partial charge in [-0.3, -0.25) is 9.59 Å². The van der Waals surface area contributed by atoms with Gasteiger partial charge in [0, 0.05) is 12.8 Å². The van der Waals surface area contributed by atoms with Crippen LogP contribution in [-0.4, -0.2) is 34.1 Å². The average Bonchev–Trinajstić information content (AvgIpc) is 2.67. The van der Waals surface area contributed by atoms with Crippen molar-refractivity contribution in [3.05, 3.63) is 36.5 Å². The van der Waals surface area contributed by atoms with Crippen LogP contribution in [0.3, 0.4) is 0 Å². The van der Waals surface area contributed by atoms with Gasteiger partial charge in [-0.15, -0.1) is 0 Å². The molecule has 0 aromatic carbocycles. The zero-order valence-electron chi connectivity index (χ0n) is 17.6. The highest BCUT2D eigenvalue weighted by molar-refractivity contribution is 5.83. The zero-order valence-corrected chi connectivity index (χ0v) is 17.6. The number of unbranched alkanes of at least 4 members (excludes halogenated alkanes) is 5. The van der Waals surface area contributed by atoms with Crippen molar-refractivity contribution in [1.82, 2.24) is 5.32 Å². The van der Waals surface area contributed by atoms with Gasteiger partial charge in [-0.2, -0.15) is 0 Å². The summed E-state index contributed by atoms with van der Waals surface area (Å²) < 4.78 is 0. The molecule has 1 amide bonds. The number of allylic oxidation sites excluding steroid dienone is 6. The molecule has 0 aliphatic carbocycles. The van der Waals surface area contributed by atoms with Crippen molar-refractivity contribution in [3.63, 3.8) is 0 Å². The van der Waals surface area contributed by atoms with Crippen LogP contribution in [-0.2, 0) is 14.4 Å². The van der Waals surface area contributed by atoms with Crippen LogP contribution in [0.2, 0.25) is 0 Å². The Kier molecular flexibility index (Phi) is 17.4. The van der Waals surface area contributed by atoms with E-state index < -0.39 is 18.0 Å². The van der Waals surface area contributed by atoms with Gasteiger partial charge in [0.2, 0.25) is 5.91 Å². The molecule has 0 bridgehead atoms. The largest absolute Gasteiger partial charge is 0.481 e. The quantitative estimate of drug-likeness (QED) is 0.219. The number of aliphatic carboxylic acids is 2. The van der Waals surface area contributed by atoms with E-state index in [0.29, 0.717) is 6.42 Å². The highest BCUT2D eigenvalue weighted by Gasteiger charge is 2.20. The Morgan fingerprint density at radius 3 is 1.86 bits per heavy atom. The lowest BCUT2D eigenvalue weighted by Gasteiger charge is -2.13. The molecular formula is C23H37NO5. The Morgan fingerprint density at radius 2 is 1.34 bits per heavy atom. The first-order chi connectivity index (χ1) is 14.0. The summed E-state index contributed by atoms with van der Waals surface area (Å²) in [6.45, 7) is 2.21. The Bertz CT molecular complexity index is 551. The van der Waals surface area contributed by atoms with Gasteiger partial charge in [-0.25, -0.2) is 4.79 Å². The van der Waals surface area contributed by atoms with E-state index in [1.807, 2.05) is 0 Å². The topological polar surface area (TPSA) is 104 Å². The third kappa shape index (κ3) is 18.7. The predicted octanol–water partition coefficient (Wildman–Crippen LogP) is 5.01. The Morgan fingerprint density at radius 1 is 0.793 bits per heavy atom. The lowest BCUT2D eigenvalue weighted by Crippen LogP contribution is -2.41. The molecule has 0 heterocycles. The molecule has 6 heteroatoms. The molecule has 0 fully saturated rings. The highest BCUT2D eigenvalue weighted by Crippen LogP contribution is 2.04. The van der Waals surface area contributed by atoms with Crippen LogP contribution in [0.5, 0.6) is 0 Å². The molecule has 0 unspecified atom stereocenters. The number of nitrogens with one attached hydrogen (secondary N) is 1. The fourth-order valence-electron chi connectivity index (χ4n) is 2.63. The first-order valence-corrected chi connectivity index (χ1v) is 10.7. The van der Waals surface area contributed by atoms with E-state index in [0.717, 1.165) is 25.7 Å². The number of hydrogen-bond acceptors (Lipinski definition) is 3. The molecule has 29 heavy (non-hydrogen) atoms. The first kappa shape index (κ1) is 26.6. The van der Waals surface area contributed by atoms with Gasteiger partial charge in [-0.05, 0) is 51.4 Å². The number of carbonyl (C=O) groups is 3. The van der Waals surface area contributed by atoms with E-state index in [1.165, 1.54) is 25.7 Å². The van der Waals surface area contributed by atoms with E-state index in [2.05, 4.69) is 48.7 Å². The summed E-state index contributed by atoms with van der Waals surface area (Å²) >= 11 is 0. The summed E-state index contributed by atoms with van der Waals surface area (Å²) in [7, 11) is 0. The van der Waals surface area contributed by atoms with Gasteiger partial charge in [0.05, 0.1) is 0 Å². The number of carbonyl (C=O) groups excluding carboxylic acids is 1. The standard InChI is InChI=1S/C23H37NO5/c1-2-3-4-5-6-7-8-9-10-11-12-13-14-15-16-17-21(25)24-20(23(28)29)18-19-22(26)27/h6-7,9-10,12-13,20H,2-5,8,11,14-19H2,1H3,(H,24,25)(H,26,27)(H,28,29)/b7-6-,10-9-,13-12-/t20-/m0/s1. The monoisotopic (exact) mass is 407 g/mol. The summed E-state index contributed by atoms with van der Waals surface area (Å²) in [5.41, 5.74) is 0. The van der Waals surface area contributed by atoms with Crippen LogP contribution in [0.4, 0.5) is 0 Å². The number of rotatable bonds is 18. The third-order valence-corrected chi connectivity index (χ3v) is 4.32. The van der Waals surface area contributed by atoms with Crippen LogP contribution in [0.25, 0.3) is 0 Å². The molecule has 6 nitrogen and oxygen atoms in total. The van der Waals surface area contributed by atoms with Crippen LogP contribution >= 0.6 is 0 Å². The second-order valence-electron chi connectivity index (χ2n) is 7.02. The molecule has 0 aliphatic rings. The zero-order chi connectivity index (χ0) is 21.7. The summed E-state index contributed by atoms with van der Waals surface area (Å²) in [5, 5.41) is 20.0. The third-order valence-electron chi connectivity index (χ3n) is 4.32. The molecule has 0 saturated heterocycles. The van der Waals surface area contributed by atoms with Gasteiger partial charge in [-0.1, -0.05) is 56.2 Å². The minimum Gasteiger partial charge on any atom is -0.481 e.